The monoisotopic (exact) mass is 324 g/mol. The minimum absolute atomic E-state index is 0.0550. The molecular formula is C18H28O5. The second kappa shape index (κ2) is 10.2. The quantitative estimate of drug-likeness (QED) is 0.654. The third kappa shape index (κ3) is 6.59. The van der Waals surface area contributed by atoms with Gasteiger partial charge in [0, 0.05) is 20.0 Å². The number of hydrogen-bond acceptors (Lipinski definition) is 5. The lowest BCUT2D eigenvalue weighted by Gasteiger charge is -2.20. The Morgan fingerprint density at radius 3 is 2.65 bits per heavy atom. The number of ketones is 1. The topological polar surface area (TPSA) is 76.0 Å². The van der Waals surface area contributed by atoms with Crippen molar-refractivity contribution < 1.29 is 24.5 Å². The zero-order valence-corrected chi connectivity index (χ0v) is 14.2. The molecule has 0 aromatic heterocycles. The third-order valence-electron chi connectivity index (χ3n) is 3.95. The maximum absolute atomic E-state index is 12.1. The molecule has 0 saturated heterocycles. The van der Waals surface area contributed by atoms with Crippen LogP contribution in [-0.4, -0.2) is 42.4 Å². The van der Waals surface area contributed by atoms with Crippen molar-refractivity contribution in [1.29, 1.82) is 0 Å². The molecule has 0 amide bonds. The van der Waals surface area contributed by atoms with Crippen LogP contribution in [0.15, 0.2) is 18.2 Å². The number of aliphatic hydroxyl groups is 1. The molecular weight excluding hydrogens is 296 g/mol. The number of phenols is 1. The van der Waals surface area contributed by atoms with Crippen molar-refractivity contribution in [1.82, 2.24) is 0 Å². The minimum Gasteiger partial charge on any atom is -0.504 e. The molecule has 0 heterocycles. The summed E-state index contributed by atoms with van der Waals surface area (Å²) in [6.07, 6.45) is 2.69. The lowest BCUT2D eigenvalue weighted by Crippen LogP contribution is -2.30. The van der Waals surface area contributed by atoms with E-state index in [-0.39, 0.29) is 18.0 Å². The predicted octanol–water partition coefficient (Wildman–Crippen LogP) is 2.86. The largest absolute Gasteiger partial charge is 0.504 e. The molecule has 0 saturated carbocycles. The average molecular weight is 324 g/mol. The Morgan fingerprint density at radius 1 is 1.30 bits per heavy atom. The fourth-order valence-corrected chi connectivity index (χ4v) is 2.46. The van der Waals surface area contributed by atoms with E-state index < -0.39 is 12.2 Å². The lowest BCUT2D eigenvalue weighted by atomic mass is 9.99. The van der Waals surface area contributed by atoms with E-state index in [0.29, 0.717) is 25.0 Å². The molecule has 0 spiro atoms. The van der Waals surface area contributed by atoms with Gasteiger partial charge >= 0.3 is 0 Å². The second-order valence-corrected chi connectivity index (χ2v) is 5.73. The van der Waals surface area contributed by atoms with E-state index in [4.69, 9.17) is 9.47 Å². The molecule has 23 heavy (non-hydrogen) atoms. The van der Waals surface area contributed by atoms with Gasteiger partial charge in [0.05, 0.1) is 19.3 Å². The average Bonchev–Trinajstić information content (AvgIpc) is 2.56. The Bertz CT molecular complexity index is 486. The van der Waals surface area contributed by atoms with Crippen LogP contribution in [0.2, 0.25) is 0 Å². The number of unbranched alkanes of at least 4 members (excludes halogenated alkanes) is 1. The molecule has 5 heteroatoms. The number of Topliss-reactive ketones (excluding diaryl/α,β-unsaturated/α-hetero) is 1. The van der Waals surface area contributed by atoms with Crippen LogP contribution >= 0.6 is 0 Å². The van der Waals surface area contributed by atoms with E-state index in [2.05, 4.69) is 6.92 Å². The number of carbonyl (C=O) groups excluding carboxylic acids is 1. The number of hydrogen-bond donors (Lipinski definition) is 2. The number of aryl methyl sites for hydroxylation is 1. The van der Waals surface area contributed by atoms with Gasteiger partial charge in [-0.05, 0) is 30.5 Å². The van der Waals surface area contributed by atoms with Gasteiger partial charge in [0.1, 0.15) is 5.78 Å². The van der Waals surface area contributed by atoms with Crippen LogP contribution in [0.1, 0.15) is 44.6 Å². The van der Waals surface area contributed by atoms with E-state index in [1.165, 1.54) is 14.2 Å². The normalized spacial score (nSPS) is 13.6. The van der Waals surface area contributed by atoms with Crippen molar-refractivity contribution in [2.45, 2.75) is 57.7 Å². The van der Waals surface area contributed by atoms with Gasteiger partial charge in [0.25, 0.3) is 0 Å². The van der Waals surface area contributed by atoms with Crippen molar-refractivity contribution in [2.24, 2.45) is 0 Å². The highest BCUT2D eigenvalue weighted by molar-refractivity contribution is 5.79. The number of phenolic OH excluding ortho intramolecular Hbond substituents is 1. The highest BCUT2D eigenvalue weighted by Gasteiger charge is 2.21. The summed E-state index contributed by atoms with van der Waals surface area (Å²) < 4.78 is 10.3. The van der Waals surface area contributed by atoms with Crippen molar-refractivity contribution in [3.05, 3.63) is 23.8 Å². The van der Waals surface area contributed by atoms with Gasteiger partial charge in [-0.1, -0.05) is 25.8 Å². The van der Waals surface area contributed by atoms with Crippen LogP contribution < -0.4 is 4.74 Å². The predicted molar refractivity (Wildman–Crippen MR) is 88.9 cm³/mol. The Labute approximate surface area is 138 Å². The van der Waals surface area contributed by atoms with Gasteiger partial charge in [-0.2, -0.15) is 0 Å². The SMILES string of the molecule is CCCCC(O)C(CC(=O)CCc1ccc(O)c(OC)c1)OC. The van der Waals surface area contributed by atoms with E-state index >= 15 is 0 Å². The van der Waals surface area contributed by atoms with Gasteiger partial charge in [-0.3, -0.25) is 4.79 Å². The number of ether oxygens (including phenoxy) is 2. The molecule has 1 aromatic carbocycles. The molecule has 0 radical (unpaired) electrons. The Balaban J connectivity index is 2.49. The number of aromatic hydroxyl groups is 1. The smallest absolute Gasteiger partial charge is 0.160 e. The van der Waals surface area contributed by atoms with E-state index in [0.717, 1.165) is 18.4 Å². The zero-order chi connectivity index (χ0) is 17.2. The van der Waals surface area contributed by atoms with Crippen molar-refractivity contribution in [3.63, 3.8) is 0 Å². The van der Waals surface area contributed by atoms with E-state index in [1.807, 2.05) is 0 Å². The Morgan fingerprint density at radius 2 is 2.04 bits per heavy atom. The first kappa shape index (κ1) is 19.5. The van der Waals surface area contributed by atoms with Gasteiger partial charge < -0.3 is 19.7 Å². The van der Waals surface area contributed by atoms with E-state index in [1.54, 1.807) is 18.2 Å². The van der Waals surface area contributed by atoms with Crippen LogP contribution in [0, 0.1) is 0 Å². The first-order valence-corrected chi connectivity index (χ1v) is 8.10. The highest BCUT2D eigenvalue weighted by atomic mass is 16.5. The molecule has 2 atom stereocenters. The lowest BCUT2D eigenvalue weighted by molar-refractivity contribution is -0.124. The second-order valence-electron chi connectivity index (χ2n) is 5.73. The van der Waals surface area contributed by atoms with Crippen molar-refractivity contribution in [3.8, 4) is 11.5 Å². The van der Waals surface area contributed by atoms with Gasteiger partial charge in [-0.25, -0.2) is 0 Å². The van der Waals surface area contributed by atoms with Crippen LogP contribution in [-0.2, 0) is 16.0 Å². The molecule has 1 aromatic rings. The first-order valence-electron chi connectivity index (χ1n) is 8.10. The maximum atomic E-state index is 12.1. The molecule has 0 aliphatic rings. The number of benzene rings is 1. The molecule has 1 rings (SSSR count). The summed E-state index contributed by atoms with van der Waals surface area (Å²) in [5, 5.41) is 19.6. The van der Waals surface area contributed by atoms with Gasteiger partial charge in [0.2, 0.25) is 0 Å². The molecule has 0 aliphatic carbocycles. The van der Waals surface area contributed by atoms with Crippen molar-refractivity contribution >= 4 is 5.78 Å². The molecule has 5 nitrogen and oxygen atoms in total. The Hall–Kier alpha value is -1.59. The molecule has 0 bridgehead atoms. The summed E-state index contributed by atoms with van der Waals surface area (Å²) in [4.78, 5) is 12.1. The maximum Gasteiger partial charge on any atom is 0.160 e. The number of rotatable bonds is 11. The van der Waals surface area contributed by atoms with Gasteiger partial charge in [0.15, 0.2) is 11.5 Å². The number of methoxy groups -OCH3 is 2. The number of aliphatic hydroxyl groups excluding tert-OH is 1. The summed E-state index contributed by atoms with van der Waals surface area (Å²) in [6, 6.07) is 5.06. The summed E-state index contributed by atoms with van der Waals surface area (Å²) in [6.45, 7) is 2.06. The molecule has 2 N–H and O–H groups in total. The summed E-state index contributed by atoms with van der Waals surface area (Å²) >= 11 is 0. The summed E-state index contributed by atoms with van der Waals surface area (Å²) in [5.74, 6) is 0.542. The summed E-state index contributed by atoms with van der Waals surface area (Å²) in [5.41, 5.74) is 0.925. The van der Waals surface area contributed by atoms with Crippen LogP contribution in [0.5, 0.6) is 11.5 Å². The molecule has 2 unspecified atom stereocenters. The van der Waals surface area contributed by atoms with Crippen LogP contribution in [0.4, 0.5) is 0 Å². The molecule has 130 valence electrons. The fraction of sp³-hybridized carbons (Fsp3) is 0.611. The standard InChI is InChI=1S/C18H28O5/c1-4-5-6-15(20)18(23-3)12-14(19)9-7-13-8-10-16(21)17(11-13)22-2/h8,10-11,15,18,20-21H,4-7,9,12H2,1-3H3. The highest BCUT2D eigenvalue weighted by Crippen LogP contribution is 2.26. The van der Waals surface area contributed by atoms with E-state index in [9.17, 15) is 15.0 Å². The zero-order valence-electron chi connectivity index (χ0n) is 14.2. The van der Waals surface area contributed by atoms with Crippen LogP contribution in [0.3, 0.4) is 0 Å². The summed E-state index contributed by atoms with van der Waals surface area (Å²) in [7, 11) is 3.02. The van der Waals surface area contributed by atoms with Crippen molar-refractivity contribution in [2.75, 3.05) is 14.2 Å². The minimum atomic E-state index is -0.599. The fourth-order valence-electron chi connectivity index (χ4n) is 2.46. The molecule has 0 fully saturated rings. The third-order valence-corrected chi connectivity index (χ3v) is 3.95. The molecule has 0 aliphatic heterocycles. The number of carbonyl (C=O) groups is 1. The first-order chi connectivity index (χ1) is 11.0. The Kier molecular flexibility index (Phi) is 8.66. The van der Waals surface area contributed by atoms with Crippen LogP contribution in [0.25, 0.3) is 0 Å². The van der Waals surface area contributed by atoms with Gasteiger partial charge in [-0.15, -0.1) is 0 Å².